The molecule has 2 heteroatoms. The Morgan fingerprint density at radius 3 is 2.71 bits per heavy atom. The first-order valence-corrected chi connectivity index (χ1v) is 5.03. The monoisotopic (exact) mass is 191 g/mol. The molecular formula is C12H17NO. The number of benzene rings is 1. The van der Waals surface area contributed by atoms with Crippen LogP contribution in [0.4, 0.5) is 5.69 Å². The Kier molecular flexibility index (Phi) is 3.57. The lowest BCUT2D eigenvalue weighted by Gasteiger charge is -2.18. The molecule has 0 fully saturated rings. The maximum Gasteiger partial charge on any atom is 0.116 e. The van der Waals surface area contributed by atoms with Crippen molar-refractivity contribution < 1.29 is 5.11 Å². The smallest absolute Gasteiger partial charge is 0.116 e. The number of nitrogens with one attached hydrogen (secondary N) is 1. The average molecular weight is 191 g/mol. The highest BCUT2D eigenvalue weighted by Gasteiger charge is 2.07. The van der Waals surface area contributed by atoms with Gasteiger partial charge < -0.3 is 10.4 Å². The molecule has 0 radical (unpaired) electrons. The Bertz CT molecular complexity index is 331. The molecule has 1 unspecified atom stereocenters. The molecule has 1 heterocycles. The van der Waals surface area contributed by atoms with Gasteiger partial charge in [-0.05, 0) is 25.1 Å². The predicted octanol–water partition coefficient (Wildman–Crippen LogP) is 3.25. The number of phenolic OH excluding ortho intramolecular Hbond substituents is 1. The van der Waals surface area contributed by atoms with Crippen LogP contribution < -0.4 is 5.32 Å². The molecule has 0 spiro atoms. The van der Waals surface area contributed by atoms with Gasteiger partial charge in [-0.25, -0.2) is 0 Å². The van der Waals surface area contributed by atoms with Gasteiger partial charge in [0.25, 0.3) is 0 Å². The third kappa shape index (κ3) is 2.28. The van der Waals surface area contributed by atoms with Crippen LogP contribution in [0.5, 0.6) is 5.75 Å². The fourth-order valence-electron chi connectivity index (χ4n) is 1.36. The molecule has 14 heavy (non-hydrogen) atoms. The minimum absolute atomic E-state index is 0.315. The normalized spacial score (nSPS) is 17.5. The van der Waals surface area contributed by atoms with E-state index in [4.69, 9.17) is 0 Å². The molecular weight excluding hydrogens is 174 g/mol. The first-order valence-electron chi connectivity index (χ1n) is 5.03. The Morgan fingerprint density at radius 1 is 1.29 bits per heavy atom. The molecule has 1 aliphatic heterocycles. The highest BCUT2D eigenvalue weighted by Crippen LogP contribution is 2.26. The number of hydrogen-bond acceptors (Lipinski definition) is 2. The van der Waals surface area contributed by atoms with E-state index in [2.05, 4.69) is 18.3 Å². The van der Waals surface area contributed by atoms with Crippen LogP contribution in [0.25, 0.3) is 6.08 Å². The Morgan fingerprint density at radius 2 is 2.00 bits per heavy atom. The van der Waals surface area contributed by atoms with Gasteiger partial charge in [-0.2, -0.15) is 0 Å². The third-order valence-electron chi connectivity index (χ3n) is 1.98. The van der Waals surface area contributed by atoms with Crippen LogP contribution in [0.1, 0.15) is 26.3 Å². The van der Waals surface area contributed by atoms with Crippen molar-refractivity contribution in [2.75, 3.05) is 5.32 Å². The summed E-state index contributed by atoms with van der Waals surface area (Å²) in [5, 5.41) is 12.5. The van der Waals surface area contributed by atoms with Gasteiger partial charge in [0.1, 0.15) is 5.75 Å². The van der Waals surface area contributed by atoms with Crippen LogP contribution in [0, 0.1) is 0 Å². The summed E-state index contributed by atoms with van der Waals surface area (Å²) in [6.45, 7) is 6.09. The summed E-state index contributed by atoms with van der Waals surface area (Å²) in [6.07, 6.45) is 4.10. The number of anilines is 1. The van der Waals surface area contributed by atoms with Crippen molar-refractivity contribution >= 4 is 11.8 Å². The largest absolute Gasteiger partial charge is 0.508 e. The fourth-order valence-corrected chi connectivity index (χ4v) is 1.36. The molecule has 0 aromatic heterocycles. The van der Waals surface area contributed by atoms with Gasteiger partial charge in [0, 0.05) is 17.3 Å². The van der Waals surface area contributed by atoms with E-state index in [1.807, 2.05) is 26.0 Å². The molecule has 76 valence electrons. The van der Waals surface area contributed by atoms with Gasteiger partial charge in [-0.3, -0.25) is 0 Å². The fraction of sp³-hybridized carbons (Fsp3) is 0.333. The second-order valence-corrected chi connectivity index (χ2v) is 3.06. The van der Waals surface area contributed by atoms with Crippen molar-refractivity contribution in [3.05, 3.63) is 29.8 Å². The zero-order chi connectivity index (χ0) is 10.6. The second-order valence-electron chi connectivity index (χ2n) is 3.06. The van der Waals surface area contributed by atoms with Crippen molar-refractivity contribution in [2.45, 2.75) is 26.8 Å². The Labute approximate surface area is 85.3 Å². The van der Waals surface area contributed by atoms with E-state index in [1.165, 1.54) is 0 Å². The lowest BCUT2D eigenvalue weighted by Crippen LogP contribution is -2.15. The van der Waals surface area contributed by atoms with E-state index >= 15 is 0 Å². The van der Waals surface area contributed by atoms with Crippen LogP contribution in [-0.2, 0) is 0 Å². The SMILES string of the molecule is CC.CC1C=Cc2cc(O)ccc2N1. The topological polar surface area (TPSA) is 32.3 Å². The summed E-state index contributed by atoms with van der Waals surface area (Å²) in [7, 11) is 0. The van der Waals surface area contributed by atoms with E-state index in [0.29, 0.717) is 11.8 Å². The molecule has 0 saturated heterocycles. The first-order chi connectivity index (χ1) is 6.75. The second kappa shape index (κ2) is 4.70. The van der Waals surface area contributed by atoms with Gasteiger partial charge in [-0.15, -0.1) is 0 Å². The summed E-state index contributed by atoms with van der Waals surface area (Å²) in [5.41, 5.74) is 2.14. The van der Waals surface area contributed by atoms with E-state index in [9.17, 15) is 5.11 Å². The van der Waals surface area contributed by atoms with Crippen molar-refractivity contribution in [1.29, 1.82) is 0 Å². The van der Waals surface area contributed by atoms with E-state index in [-0.39, 0.29) is 0 Å². The zero-order valence-electron chi connectivity index (χ0n) is 8.91. The Balaban J connectivity index is 0.000000461. The number of fused-ring (bicyclic) bond motifs is 1. The number of hydrogen-bond donors (Lipinski definition) is 2. The molecule has 2 nitrogen and oxygen atoms in total. The first kappa shape index (κ1) is 10.6. The van der Waals surface area contributed by atoms with Crippen LogP contribution in [0.2, 0.25) is 0 Å². The highest BCUT2D eigenvalue weighted by atomic mass is 16.3. The summed E-state index contributed by atoms with van der Waals surface area (Å²) in [4.78, 5) is 0. The Hall–Kier alpha value is -1.44. The van der Waals surface area contributed by atoms with Gasteiger partial charge in [0.15, 0.2) is 0 Å². The summed E-state index contributed by atoms with van der Waals surface area (Å²) >= 11 is 0. The molecule has 0 amide bonds. The van der Waals surface area contributed by atoms with Crippen LogP contribution in [0.15, 0.2) is 24.3 Å². The molecule has 1 atom stereocenters. The van der Waals surface area contributed by atoms with E-state index in [0.717, 1.165) is 11.3 Å². The highest BCUT2D eigenvalue weighted by molar-refractivity contribution is 5.71. The minimum atomic E-state index is 0.315. The van der Waals surface area contributed by atoms with E-state index in [1.54, 1.807) is 12.1 Å². The van der Waals surface area contributed by atoms with Gasteiger partial charge >= 0.3 is 0 Å². The molecule has 0 bridgehead atoms. The molecule has 0 aliphatic carbocycles. The van der Waals surface area contributed by atoms with E-state index < -0.39 is 0 Å². The average Bonchev–Trinajstić information content (AvgIpc) is 2.21. The van der Waals surface area contributed by atoms with Gasteiger partial charge in [0.2, 0.25) is 0 Å². The quantitative estimate of drug-likeness (QED) is 0.617. The maximum atomic E-state index is 9.19. The molecule has 2 rings (SSSR count). The van der Waals surface area contributed by atoms with Crippen LogP contribution in [0.3, 0.4) is 0 Å². The molecule has 1 aromatic carbocycles. The summed E-state index contributed by atoms with van der Waals surface area (Å²) in [6, 6.07) is 5.72. The molecule has 1 aliphatic rings. The van der Waals surface area contributed by atoms with Crippen LogP contribution in [-0.4, -0.2) is 11.1 Å². The van der Waals surface area contributed by atoms with Crippen molar-refractivity contribution in [3.8, 4) is 5.75 Å². The molecule has 0 saturated carbocycles. The number of rotatable bonds is 0. The lowest BCUT2D eigenvalue weighted by atomic mass is 10.1. The third-order valence-corrected chi connectivity index (χ3v) is 1.98. The molecule has 1 aromatic rings. The van der Waals surface area contributed by atoms with Crippen LogP contribution >= 0.6 is 0 Å². The van der Waals surface area contributed by atoms with Gasteiger partial charge in [-0.1, -0.05) is 26.0 Å². The standard InChI is InChI=1S/C10H11NO.C2H6/c1-7-2-3-8-6-9(12)4-5-10(8)11-7;1-2/h2-7,11-12H,1H3;1-2H3. The lowest BCUT2D eigenvalue weighted by molar-refractivity contribution is 0.475. The molecule has 2 N–H and O–H groups in total. The zero-order valence-corrected chi connectivity index (χ0v) is 8.91. The number of aromatic hydroxyl groups is 1. The number of phenols is 1. The van der Waals surface area contributed by atoms with Crippen molar-refractivity contribution in [3.63, 3.8) is 0 Å². The maximum absolute atomic E-state index is 9.19. The summed E-state index contributed by atoms with van der Waals surface area (Å²) in [5.74, 6) is 0.315. The minimum Gasteiger partial charge on any atom is -0.508 e. The van der Waals surface area contributed by atoms with Crippen molar-refractivity contribution in [1.82, 2.24) is 0 Å². The summed E-state index contributed by atoms with van der Waals surface area (Å²) < 4.78 is 0. The predicted molar refractivity (Wildman–Crippen MR) is 61.6 cm³/mol. The van der Waals surface area contributed by atoms with Gasteiger partial charge in [0.05, 0.1) is 0 Å². The van der Waals surface area contributed by atoms with Crippen molar-refractivity contribution in [2.24, 2.45) is 0 Å².